The predicted octanol–water partition coefficient (Wildman–Crippen LogP) is 5.54. The summed E-state index contributed by atoms with van der Waals surface area (Å²) in [5.41, 5.74) is 3.10. The van der Waals surface area contributed by atoms with E-state index >= 15 is 0 Å². The van der Waals surface area contributed by atoms with Crippen molar-refractivity contribution in [1.29, 1.82) is 0 Å². The first-order valence-corrected chi connectivity index (χ1v) is 8.53. The van der Waals surface area contributed by atoms with E-state index in [2.05, 4.69) is 11.1 Å². The average molecular weight is 362 g/mol. The highest BCUT2D eigenvalue weighted by molar-refractivity contribution is 6.35. The summed E-state index contributed by atoms with van der Waals surface area (Å²) in [7, 11) is 0. The summed E-state index contributed by atoms with van der Waals surface area (Å²) in [5, 5.41) is 2.28. The van der Waals surface area contributed by atoms with Gasteiger partial charge in [0.2, 0.25) is 0 Å². The van der Waals surface area contributed by atoms with Crippen molar-refractivity contribution in [2.24, 2.45) is 0 Å². The van der Waals surface area contributed by atoms with E-state index < -0.39 is 0 Å². The van der Waals surface area contributed by atoms with E-state index in [1.54, 1.807) is 18.2 Å². The van der Waals surface area contributed by atoms with Crippen molar-refractivity contribution in [1.82, 2.24) is 4.98 Å². The minimum Gasteiger partial charge on any atom is -0.461 e. The molecule has 0 amide bonds. The molecule has 0 aliphatic heterocycles. The van der Waals surface area contributed by atoms with Crippen LogP contribution in [-0.4, -0.2) is 11.0 Å². The van der Waals surface area contributed by atoms with Gasteiger partial charge in [-0.25, -0.2) is 0 Å². The average Bonchev–Trinajstić information content (AvgIpc) is 2.97. The van der Waals surface area contributed by atoms with Crippen LogP contribution in [0.15, 0.2) is 48.7 Å². The molecule has 1 N–H and O–H groups in total. The van der Waals surface area contributed by atoms with E-state index in [1.165, 1.54) is 10.9 Å². The highest BCUT2D eigenvalue weighted by atomic mass is 35.5. The summed E-state index contributed by atoms with van der Waals surface area (Å²) >= 11 is 11.9. The van der Waals surface area contributed by atoms with E-state index in [0.717, 1.165) is 23.9 Å². The molecule has 0 aliphatic rings. The molecule has 0 atom stereocenters. The van der Waals surface area contributed by atoms with Crippen molar-refractivity contribution in [3.05, 3.63) is 69.8 Å². The number of hydrogen-bond acceptors (Lipinski definition) is 2. The number of para-hydroxylation sites is 1. The van der Waals surface area contributed by atoms with Gasteiger partial charge in [-0.05, 0) is 36.6 Å². The summed E-state index contributed by atoms with van der Waals surface area (Å²) in [6, 6.07) is 13.3. The number of carbonyl (C=O) groups is 1. The Morgan fingerprint density at radius 1 is 1.08 bits per heavy atom. The summed E-state index contributed by atoms with van der Waals surface area (Å²) in [5.74, 6) is -0.221. The van der Waals surface area contributed by atoms with Gasteiger partial charge in [0.1, 0.15) is 6.61 Å². The van der Waals surface area contributed by atoms with Crippen LogP contribution in [0.4, 0.5) is 0 Å². The van der Waals surface area contributed by atoms with Gasteiger partial charge in [-0.15, -0.1) is 0 Å². The van der Waals surface area contributed by atoms with Gasteiger partial charge in [-0.3, -0.25) is 4.79 Å². The number of aromatic nitrogens is 1. The van der Waals surface area contributed by atoms with Gasteiger partial charge in [-0.2, -0.15) is 0 Å². The lowest BCUT2D eigenvalue weighted by Crippen LogP contribution is -2.05. The molecule has 0 spiro atoms. The smallest absolute Gasteiger partial charge is 0.306 e. The molecule has 0 saturated carbocycles. The Kier molecular flexibility index (Phi) is 5.44. The first-order valence-electron chi connectivity index (χ1n) is 7.78. The van der Waals surface area contributed by atoms with Crippen LogP contribution in [0.2, 0.25) is 10.0 Å². The Morgan fingerprint density at radius 3 is 2.75 bits per heavy atom. The highest BCUT2D eigenvalue weighted by Crippen LogP contribution is 2.22. The number of aryl methyl sites for hydroxylation is 1. The topological polar surface area (TPSA) is 42.1 Å². The molecule has 0 radical (unpaired) electrons. The summed E-state index contributed by atoms with van der Waals surface area (Å²) < 4.78 is 5.28. The van der Waals surface area contributed by atoms with E-state index in [4.69, 9.17) is 27.9 Å². The number of nitrogens with one attached hydrogen (secondary N) is 1. The molecule has 0 bridgehead atoms. The third kappa shape index (κ3) is 4.11. The Balaban J connectivity index is 1.47. The second-order valence-electron chi connectivity index (χ2n) is 5.61. The fraction of sp³-hybridized carbons (Fsp3) is 0.211. The number of aromatic amines is 1. The van der Waals surface area contributed by atoms with Crippen molar-refractivity contribution in [3.63, 3.8) is 0 Å². The van der Waals surface area contributed by atoms with Gasteiger partial charge in [0, 0.05) is 39.1 Å². The number of H-pyrrole nitrogens is 1. The molecule has 124 valence electrons. The maximum atomic E-state index is 11.9. The van der Waals surface area contributed by atoms with Crippen LogP contribution < -0.4 is 0 Å². The quantitative estimate of drug-likeness (QED) is 0.585. The molecule has 3 aromatic rings. The van der Waals surface area contributed by atoms with Crippen LogP contribution in [0.5, 0.6) is 0 Å². The fourth-order valence-corrected chi connectivity index (χ4v) is 3.09. The van der Waals surface area contributed by atoms with Crippen LogP contribution in [0.3, 0.4) is 0 Å². The molecule has 24 heavy (non-hydrogen) atoms. The maximum Gasteiger partial charge on any atom is 0.306 e. The molecule has 3 rings (SSSR count). The fourth-order valence-electron chi connectivity index (χ4n) is 2.63. The number of ether oxygens (including phenoxy) is 1. The van der Waals surface area contributed by atoms with E-state index in [0.29, 0.717) is 16.5 Å². The number of carbonyl (C=O) groups excluding carboxylic acids is 1. The van der Waals surface area contributed by atoms with Crippen molar-refractivity contribution in [2.75, 3.05) is 0 Å². The van der Waals surface area contributed by atoms with Crippen LogP contribution in [0, 0.1) is 0 Å². The normalized spacial score (nSPS) is 10.9. The van der Waals surface area contributed by atoms with Crippen molar-refractivity contribution < 1.29 is 9.53 Å². The Hall–Kier alpha value is -1.97. The van der Waals surface area contributed by atoms with Crippen LogP contribution in [0.25, 0.3) is 10.9 Å². The summed E-state index contributed by atoms with van der Waals surface area (Å²) in [6.07, 6.45) is 3.96. The number of rotatable bonds is 6. The van der Waals surface area contributed by atoms with Gasteiger partial charge in [0.15, 0.2) is 0 Å². The zero-order valence-corrected chi connectivity index (χ0v) is 14.5. The second-order valence-corrected chi connectivity index (χ2v) is 6.45. The SMILES string of the molecule is O=C(CCCc1c[nH]c2ccccc12)OCc1ccc(Cl)cc1Cl. The number of halogens is 2. The lowest BCUT2D eigenvalue weighted by Gasteiger charge is -2.07. The molecule has 5 heteroatoms. The Bertz CT molecular complexity index is 857. The van der Waals surface area contributed by atoms with Crippen molar-refractivity contribution >= 4 is 40.1 Å². The van der Waals surface area contributed by atoms with Gasteiger partial charge < -0.3 is 9.72 Å². The van der Waals surface area contributed by atoms with Crippen molar-refractivity contribution in [3.8, 4) is 0 Å². The lowest BCUT2D eigenvalue weighted by molar-refractivity contribution is -0.145. The van der Waals surface area contributed by atoms with Crippen LogP contribution >= 0.6 is 23.2 Å². The molecular weight excluding hydrogens is 345 g/mol. The standard InChI is InChI=1S/C19H17Cl2NO2/c20-15-9-8-14(17(21)10-15)12-24-19(23)7-3-4-13-11-22-18-6-2-1-5-16(13)18/h1-2,5-6,8-11,22H,3-4,7,12H2. The molecule has 1 aromatic heterocycles. The predicted molar refractivity (Wildman–Crippen MR) is 97.5 cm³/mol. The van der Waals surface area contributed by atoms with Crippen LogP contribution in [0.1, 0.15) is 24.0 Å². The van der Waals surface area contributed by atoms with Crippen LogP contribution in [-0.2, 0) is 22.6 Å². The number of benzene rings is 2. The molecule has 0 fully saturated rings. The van der Waals surface area contributed by atoms with Gasteiger partial charge >= 0.3 is 5.97 Å². The Labute approximate surface area is 150 Å². The number of hydrogen-bond donors (Lipinski definition) is 1. The highest BCUT2D eigenvalue weighted by Gasteiger charge is 2.08. The molecule has 0 aliphatic carbocycles. The first kappa shape index (κ1) is 16.9. The number of esters is 1. The van der Waals surface area contributed by atoms with Gasteiger partial charge in [0.25, 0.3) is 0 Å². The van der Waals surface area contributed by atoms with E-state index in [-0.39, 0.29) is 12.6 Å². The molecular formula is C19H17Cl2NO2. The third-order valence-corrected chi connectivity index (χ3v) is 4.49. The maximum absolute atomic E-state index is 11.9. The largest absolute Gasteiger partial charge is 0.461 e. The second kappa shape index (κ2) is 7.73. The Morgan fingerprint density at radius 2 is 1.92 bits per heavy atom. The molecule has 2 aromatic carbocycles. The van der Waals surface area contributed by atoms with E-state index in [9.17, 15) is 4.79 Å². The monoisotopic (exact) mass is 361 g/mol. The minimum absolute atomic E-state index is 0.169. The summed E-state index contributed by atoms with van der Waals surface area (Å²) in [4.78, 5) is 15.1. The summed E-state index contributed by atoms with van der Waals surface area (Å²) in [6.45, 7) is 0.169. The lowest BCUT2D eigenvalue weighted by atomic mass is 10.1. The molecule has 0 saturated heterocycles. The molecule has 3 nitrogen and oxygen atoms in total. The number of fused-ring (bicyclic) bond motifs is 1. The zero-order valence-electron chi connectivity index (χ0n) is 13.0. The molecule has 0 unspecified atom stereocenters. The third-order valence-electron chi connectivity index (χ3n) is 3.91. The zero-order chi connectivity index (χ0) is 16.9. The van der Waals surface area contributed by atoms with Gasteiger partial charge in [-0.1, -0.05) is 47.5 Å². The molecule has 1 heterocycles. The minimum atomic E-state index is -0.221. The van der Waals surface area contributed by atoms with Crippen molar-refractivity contribution in [2.45, 2.75) is 25.9 Å². The van der Waals surface area contributed by atoms with Gasteiger partial charge in [0.05, 0.1) is 0 Å². The first-order chi connectivity index (χ1) is 11.6. The van der Waals surface area contributed by atoms with E-state index in [1.807, 2.05) is 24.4 Å².